The zero-order chi connectivity index (χ0) is 22.5. The summed E-state index contributed by atoms with van der Waals surface area (Å²) in [5.41, 5.74) is 4.75. The number of carbonyl (C=O) groups excluding carboxylic acids is 1. The second-order valence-corrected chi connectivity index (χ2v) is 10.0. The van der Waals surface area contributed by atoms with Gasteiger partial charge < -0.3 is 5.32 Å². The van der Waals surface area contributed by atoms with Gasteiger partial charge in [0.25, 0.3) is 0 Å². The van der Waals surface area contributed by atoms with Crippen LogP contribution in [0, 0.1) is 20.8 Å². The Bertz CT molecular complexity index is 1010. The Morgan fingerprint density at radius 1 is 1.13 bits per heavy atom. The highest BCUT2D eigenvalue weighted by Crippen LogP contribution is 2.28. The summed E-state index contributed by atoms with van der Waals surface area (Å²) in [7, 11) is -3.49. The van der Waals surface area contributed by atoms with E-state index in [2.05, 4.69) is 31.3 Å². The van der Waals surface area contributed by atoms with Crippen LogP contribution in [0.1, 0.15) is 54.5 Å². The zero-order valence-corrected chi connectivity index (χ0v) is 19.9. The van der Waals surface area contributed by atoms with Crippen molar-refractivity contribution in [2.75, 3.05) is 17.1 Å². The maximum Gasteiger partial charge on any atom is 0.232 e. The van der Waals surface area contributed by atoms with E-state index in [0.717, 1.165) is 12.0 Å². The van der Waals surface area contributed by atoms with Crippen molar-refractivity contribution in [2.24, 2.45) is 0 Å². The fourth-order valence-corrected chi connectivity index (χ4v) is 4.57. The monoisotopic (exact) mass is 450 g/mol. The number of hydrogen-bond acceptors (Lipinski definition) is 3. The van der Waals surface area contributed by atoms with Crippen LogP contribution in [0.4, 0.5) is 5.69 Å². The van der Waals surface area contributed by atoms with Crippen molar-refractivity contribution in [2.45, 2.75) is 53.0 Å². The van der Waals surface area contributed by atoms with E-state index >= 15 is 0 Å². The van der Waals surface area contributed by atoms with Gasteiger partial charge in [0.2, 0.25) is 15.9 Å². The molecule has 30 heavy (non-hydrogen) atoms. The molecule has 2 aromatic carbocycles. The van der Waals surface area contributed by atoms with Crippen molar-refractivity contribution >= 4 is 33.2 Å². The van der Waals surface area contributed by atoms with Crippen molar-refractivity contribution in [3.8, 4) is 0 Å². The number of aryl methyl sites for hydroxylation is 2. The van der Waals surface area contributed by atoms with E-state index in [-0.39, 0.29) is 24.9 Å². The summed E-state index contributed by atoms with van der Waals surface area (Å²) in [5, 5.41) is 3.59. The Balaban J connectivity index is 2.03. The zero-order valence-electron chi connectivity index (χ0n) is 18.3. The summed E-state index contributed by atoms with van der Waals surface area (Å²) in [5.74, 6) is -0.0867. The standard InChI is InChI=1S/C23H31ClN2O3S/c1-6-21(19-13-12-16(2)17(3)15-19)25-23(27)11-8-14-26(30(5,28)29)22-10-7-9-20(24)18(22)4/h7,9-10,12-13,15,21H,6,8,11,14H2,1-5H3,(H,25,27). The fourth-order valence-electron chi connectivity index (χ4n) is 3.38. The van der Waals surface area contributed by atoms with Gasteiger partial charge in [0.1, 0.15) is 0 Å². The van der Waals surface area contributed by atoms with Gasteiger partial charge in [0.05, 0.1) is 18.0 Å². The normalized spacial score (nSPS) is 12.5. The molecule has 164 valence electrons. The molecule has 1 atom stereocenters. The van der Waals surface area contributed by atoms with Gasteiger partial charge in [0.15, 0.2) is 0 Å². The lowest BCUT2D eigenvalue weighted by Gasteiger charge is -2.25. The predicted octanol–water partition coefficient (Wildman–Crippen LogP) is 5.08. The maximum absolute atomic E-state index is 12.5. The van der Waals surface area contributed by atoms with Crippen LogP contribution in [-0.2, 0) is 14.8 Å². The molecule has 0 aliphatic carbocycles. The van der Waals surface area contributed by atoms with Gasteiger partial charge in [-0.2, -0.15) is 0 Å². The first-order chi connectivity index (χ1) is 14.0. The highest BCUT2D eigenvalue weighted by Gasteiger charge is 2.21. The number of halogens is 1. The summed E-state index contributed by atoms with van der Waals surface area (Å²) in [6.07, 6.45) is 2.60. The van der Waals surface area contributed by atoms with E-state index in [1.54, 1.807) is 25.1 Å². The molecule has 0 aromatic heterocycles. The van der Waals surface area contributed by atoms with Gasteiger partial charge in [-0.1, -0.05) is 42.8 Å². The second kappa shape index (κ2) is 10.3. The van der Waals surface area contributed by atoms with E-state index in [9.17, 15) is 13.2 Å². The first kappa shape index (κ1) is 24.2. The lowest BCUT2D eigenvalue weighted by Crippen LogP contribution is -2.33. The molecule has 0 saturated heterocycles. The Morgan fingerprint density at radius 3 is 2.43 bits per heavy atom. The van der Waals surface area contributed by atoms with Gasteiger partial charge in [-0.25, -0.2) is 8.42 Å². The van der Waals surface area contributed by atoms with Crippen LogP contribution in [0.5, 0.6) is 0 Å². The smallest absolute Gasteiger partial charge is 0.232 e. The number of nitrogens with zero attached hydrogens (tertiary/aromatic N) is 1. The minimum absolute atomic E-state index is 0.0574. The fraction of sp³-hybridized carbons (Fsp3) is 0.435. The van der Waals surface area contributed by atoms with Crippen LogP contribution in [0.25, 0.3) is 0 Å². The Kier molecular flexibility index (Phi) is 8.33. The number of benzene rings is 2. The van der Waals surface area contributed by atoms with E-state index in [0.29, 0.717) is 22.7 Å². The molecule has 0 spiro atoms. The molecule has 0 bridgehead atoms. The molecule has 0 saturated carbocycles. The molecule has 1 N–H and O–H groups in total. The van der Waals surface area contributed by atoms with Crippen LogP contribution in [-0.4, -0.2) is 27.1 Å². The first-order valence-corrected chi connectivity index (χ1v) is 12.4. The quantitative estimate of drug-likeness (QED) is 0.579. The third kappa shape index (κ3) is 6.22. The van der Waals surface area contributed by atoms with E-state index in [1.807, 2.05) is 13.0 Å². The minimum Gasteiger partial charge on any atom is -0.349 e. The predicted molar refractivity (Wildman–Crippen MR) is 125 cm³/mol. The molecule has 0 heterocycles. The number of rotatable bonds is 9. The van der Waals surface area contributed by atoms with E-state index < -0.39 is 10.0 Å². The van der Waals surface area contributed by atoms with Gasteiger partial charge in [0, 0.05) is 18.0 Å². The largest absolute Gasteiger partial charge is 0.349 e. The van der Waals surface area contributed by atoms with Crippen LogP contribution in [0.2, 0.25) is 5.02 Å². The molecule has 1 unspecified atom stereocenters. The molecule has 0 aliphatic heterocycles. The molecule has 0 aliphatic rings. The number of nitrogens with one attached hydrogen (secondary N) is 1. The Hall–Kier alpha value is -2.05. The third-order valence-corrected chi connectivity index (χ3v) is 6.94. The number of amides is 1. The molecule has 7 heteroatoms. The molecular weight excluding hydrogens is 420 g/mol. The van der Waals surface area contributed by atoms with Crippen LogP contribution in [0.15, 0.2) is 36.4 Å². The van der Waals surface area contributed by atoms with Gasteiger partial charge in [-0.05, 0) is 68.0 Å². The molecule has 1 amide bonds. The summed E-state index contributed by atoms with van der Waals surface area (Å²) in [4.78, 5) is 12.5. The number of carbonyl (C=O) groups is 1. The van der Waals surface area contributed by atoms with Crippen LogP contribution in [0.3, 0.4) is 0 Å². The SMILES string of the molecule is CCC(NC(=O)CCCN(c1cccc(Cl)c1C)S(C)(=O)=O)c1ccc(C)c(C)c1. The average molecular weight is 451 g/mol. The number of sulfonamides is 1. The van der Waals surface area contributed by atoms with E-state index in [4.69, 9.17) is 11.6 Å². The highest BCUT2D eigenvalue weighted by atomic mass is 35.5. The third-order valence-electron chi connectivity index (χ3n) is 5.35. The molecule has 2 aromatic rings. The summed E-state index contributed by atoms with van der Waals surface area (Å²) in [6.45, 7) is 8.16. The summed E-state index contributed by atoms with van der Waals surface area (Å²) in [6, 6.07) is 11.3. The van der Waals surface area contributed by atoms with Gasteiger partial charge in [-0.15, -0.1) is 0 Å². The molecule has 0 radical (unpaired) electrons. The lowest BCUT2D eigenvalue weighted by atomic mass is 9.99. The van der Waals surface area contributed by atoms with Gasteiger partial charge >= 0.3 is 0 Å². The number of anilines is 1. The Morgan fingerprint density at radius 2 is 1.83 bits per heavy atom. The molecule has 0 fully saturated rings. The Labute approximate surface area is 185 Å². The minimum atomic E-state index is -3.49. The average Bonchev–Trinajstić information content (AvgIpc) is 2.67. The molecule has 2 rings (SSSR count). The van der Waals surface area contributed by atoms with Gasteiger partial charge in [-0.3, -0.25) is 9.10 Å². The second-order valence-electron chi connectivity index (χ2n) is 7.69. The summed E-state index contributed by atoms with van der Waals surface area (Å²) >= 11 is 6.16. The van der Waals surface area contributed by atoms with Crippen molar-refractivity contribution < 1.29 is 13.2 Å². The van der Waals surface area contributed by atoms with Crippen molar-refractivity contribution in [1.29, 1.82) is 0 Å². The molecular formula is C23H31ClN2O3S. The van der Waals surface area contributed by atoms with Crippen LogP contribution >= 0.6 is 11.6 Å². The van der Waals surface area contributed by atoms with Crippen molar-refractivity contribution in [3.05, 3.63) is 63.7 Å². The van der Waals surface area contributed by atoms with Crippen LogP contribution < -0.4 is 9.62 Å². The first-order valence-electron chi connectivity index (χ1n) is 10.1. The maximum atomic E-state index is 12.5. The topological polar surface area (TPSA) is 66.5 Å². The molecule has 5 nitrogen and oxygen atoms in total. The highest BCUT2D eigenvalue weighted by molar-refractivity contribution is 7.92. The number of hydrogen-bond donors (Lipinski definition) is 1. The lowest BCUT2D eigenvalue weighted by molar-refractivity contribution is -0.121. The van der Waals surface area contributed by atoms with E-state index in [1.165, 1.54) is 21.7 Å². The van der Waals surface area contributed by atoms with Crippen molar-refractivity contribution in [1.82, 2.24) is 5.32 Å². The van der Waals surface area contributed by atoms with Crippen molar-refractivity contribution in [3.63, 3.8) is 0 Å². The summed E-state index contributed by atoms with van der Waals surface area (Å²) < 4.78 is 26.0.